The Labute approximate surface area is 101 Å². The van der Waals surface area contributed by atoms with Crippen LogP contribution in [0.1, 0.15) is 46.0 Å². The number of rotatable bonds is 7. The van der Waals surface area contributed by atoms with E-state index >= 15 is 0 Å². The van der Waals surface area contributed by atoms with Crippen LogP contribution in [-0.4, -0.2) is 43.2 Å². The molecule has 0 heterocycles. The van der Waals surface area contributed by atoms with Gasteiger partial charge < -0.3 is 16.0 Å². The van der Waals surface area contributed by atoms with Gasteiger partial charge in [0.15, 0.2) is 0 Å². The number of hydrogen-bond acceptors (Lipinski definition) is 3. The van der Waals surface area contributed by atoms with Gasteiger partial charge in [-0.25, -0.2) is 0 Å². The summed E-state index contributed by atoms with van der Waals surface area (Å²) in [6.07, 6.45) is 6.61. The first kappa shape index (κ1) is 13.9. The molecule has 1 rings (SSSR count). The van der Waals surface area contributed by atoms with Gasteiger partial charge in [-0.1, -0.05) is 33.1 Å². The maximum absolute atomic E-state index is 5.94. The maximum Gasteiger partial charge on any atom is 0.0304 e. The third kappa shape index (κ3) is 4.04. The van der Waals surface area contributed by atoms with E-state index in [0.717, 1.165) is 32.7 Å². The van der Waals surface area contributed by atoms with Gasteiger partial charge >= 0.3 is 0 Å². The lowest BCUT2D eigenvalue weighted by Gasteiger charge is -2.38. The third-order valence-electron chi connectivity index (χ3n) is 4.02. The quantitative estimate of drug-likeness (QED) is 0.694. The van der Waals surface area contributed by atoms with Crippen LogP contribution in [-0.2, 0) is 0 Å². The fourth-order valence-electron chi connectivity index (χ4n) is 2.70. The smallest absolute Gasteiger partial charge is 0.0304 e. The van der Waals surface area contributed by atoms with Crippen molar-refractivity contribution >= 4 is 0 Å². The number of likely N-dealkylation sites (N-methyl/N-ethyl adjacent to an activating group) is 1. The van der Waals surface area contributed by atoms with E-state index in [1.54, 1.807) is 0 Å². The van der Waals surface area contributed by atoms with Crippen LogP contribution >= 0.6 is 0 Å². The van der Waals surface area contributed by atoms with Gasteiger partial charge in [-0.15, -0.1) is 0 Å². The molecule has 96 valence electrons. The molecule has 1 aliphatic rings. The number of nitrogens with one attached hydrogen (secondary N) is 1. The van der Waals surface area contributed by atoms with Gasteiger partial charge in [0, 0.05) is 25.2 Å². The Morgan fingerprint density at radius 3 is 2.25 bits per heavy atom. The first-order chi connectivity index (χ1) is 7.76. The number of hydrogen-bond donors (Lipinski definition) is 2. The summed E-state index contributed by atoms with van der Waals surface area (Å²) in [5, 5.41) is 3.72. The maximum atomic E-state index is 5.94. The van der Waals surface area contributed by atoms with E-state index < -0.39 is 0 Å². The molecule has 1 aliphatic carbocycles. The highest BCUT2D eigenvalue weighted by Gasteiger charge is 2.29. The van der Waals surface area contributed by atoms with Crippen molar-refractivity contribution < 1.29 is 0 Å². The van der Waals surface area contributed by atoms with E-state index in [-0.39, 0.29) is 5.54 Å². The van der Waals surface area contributed by atoms with Crippen molar-refractivity contribution in [2.75, 3.05) is 32.7 Å². The predicted molar refractivity (Wildman–Crippen MR) is 70.7 cm³/mol. The van der Waals surface area contributed by atoms with Gasteiger partial charge in [0.05, 0.1) is 0 Å². The average Bonchev–Trinajstić information content (AvgIpc) is 2.36. The van der Waals surface area contributed by atoms with Crippen LogP contribution in [0.3, 0.4) is 0 Å². The van der Waals surface area contributed by atoms with Crippen molar-refractivity contribution in [3.63, 3.8) is 0 Å². The number of nitrogens with two attached hydrogens (primary N) is 1. The summed E-state index contributed by atoms with van der Waals surface area (Å²) >= 11 is 0. The molecule has 0 amide bonds. The Morgan fingerprint density at radius 2 is 1.75 bits per heavy atom. The van der Waals surface area contributed by atoms with E-state index in [9.17, 15) is 0 Å². The highest BCUT2D eigenvalue weighted by atomic mass is 15.1. The fourth-order valence-corrected chi connectivity index (χ4v) is 2.70. The second-order valence-electron chi connectivity index (χ2n) is 5.00. The topological polar surface area (TPSA) is 41.3 Å². The van der Waals surface area contributed by atoms with Crippen molar-refractivity contribution in [1.29, 1.82) is 0 Å². The monoisotopic (exact) mass is 227 g/mol. The summed E-state index contributed by atoms with van der Waals surface area (Å²) in [5.41, 5.74) is 6.20. The molecule has 0 aromatic carbocycles. The fraction of sp³-hybridized carbons (Fsp3) is 1.00. The summed E-state index contributed by atoms with van der Waals surface area (Å²) < 4.78 is 0. The molecule has 3 heteroatoms. The molecule has 0 radical (unpaired) electrons. The largest absolute Gasteiger partial charge is 0.329 e. The molecule has 1 saturated carbocycles. The minimum absolute atomic E-state index is 0.255. The van der Waals surface area contributed by atoms with E-state index in [0.29, 0.717) is 0 Å². The van der Waals surface area contributed by atoms with Gasteiger partial charge in [-0.05, 0) is 25.9 Å². The van der Waals surface area contributed by atoms with Crippen LogP contribution in [0.2, 0.25) is 0 Å². The van der Waals surface area contributed by atoms with Crippen LogP contribution < -0.4 is 11.1 Å². The van der Waals surface area contributed by atoms with Gasteiger partial charge in [0.1, 0.15) is 0 Å². The molecule has 16 heavy (non-hydrogen) atoms. The molecule has 1 fully saturated rings. The molecule has 0 atom stereocenters. The Morgan fingerprint density at radius 1 is 1.12 bits per heavy atom. The Kier molecular flexibility index (Phi) is 6.32. The van der Waals surface area contributed by atoms with E-state index in [1.165, 1.54) is 32.1 Å². The van der Waals surface area contributed by atoms with E-state index in [1.807, 2.05) is 0 Å². The third-order valence-corrected chi connectivity index (χ3v) is 4.02. The van der Waals surface area contributed by atoms with Crippen molar-refractivity contribution in [2.24, 2.45) is 5.73 Å². The summed E-state index contributed by atoms with van der Waals surface area (Å²) in [6.45, 7) is 9.77. The SMILES string of the molecule is CCN(CC)CCNC1(CN)CCCCC1. The molecule has 0 aliphatic heterocycles. The van der Waals surface area contributed by atoms with Gasteiger partial charge in [0.25, 0.3) is 0 Å². The molecule has 0 aromatic heterocycles. The summed E-state index contributed by atoms with van der Waals surface area (Å²) in [6, 6.07) is 0. The standard InChI is InChI=1S/C13H29N3/c1-3-16(4-2)11-10-15-13(12-14)8-6-5-7-9-13/h15H,3-12,14H2,1-2H3. The minimum atomic E-state index is 0.255. The molecular weight excluding hydrogens is 198 g/mol. The zero-order valence-electron chi connectivity index (χ0n) is 11.1. The summed E-state index contributed by atoms with van der Waals surface area (Å²) in [5.74, 6) is 0. The van der Waals surface area contributed by atoms with Crippen molar-refractivity contribution in [3.05, 3.63) is 0 Å². The predicted octanol–water partition coefficient (Wildman–Crippen LogP) is 1.58. The molecule has 0 aromatic rings. The van der Waals surface area contributed by atoms with Gasteiger partial charge in [0.2, 0.25) is 0 Å². The molecular formula is C13H29N3. The van der Waals surface area contributed by atoms with Crippen LogP contribution in [0.5, 0.6) is 0 Å². The molecule has 0 unspecified atom stereocenters. The Hall–Kier alpha value is -0.120. The van der Waals surface area contributed by atoms with E-state index in [2.05, 4.69) is 24.1 Å². The second kappa shape index (κ2) is 7.25. The Balaban J connectivity index is 2.27. The first-order valence-electron chi connectivity index (χ1n) is 6.94. The lowest BCUT2D eigenvalue weighted by atomic mass is 9.82. The number of nitrogens with zero attached hydrogens (tertiary/aromatic N) is 1. The zero-order valence-corrected chi connectivity index (χ0v) is 11.1. The highest BCUT2D eigenvalue weighted by molar-refractivity contribution is 4.91. The highest BCUT2D eigenvalue weighted by Crippen LogP contribution is 2.26. The molecule has 0 saturated heterocycles. The van der Waals surface area contributed by atoms with Crippen molar-refractivity contribution in [3.8, 4) is 0 Å². The summed E-state index contributed by atoms with van der Waals surface area (Å²) in [4.78, 5) is 2.46. The average molecular weight is 227 g/mol. The second-order valence-corrected chi connectivity index (χ2v) is 5.00. The van der Waals surface area contributed by atoms with Crippen LogP contribution in [0.4, 0.5) is 0 Å². The molecule has 0 spiro atoms. The summed E-state index contributed by atoms with van der Waals surface area (Å²) in [7, 11) is 0. The van der Waals surface area contributed by atoms with Crippen molar-refractivity contribution in [2.45, 2.75) is 51.5 Å². The van der Waals surface area contributed by atoms with Crippen LogP contribution in [0.25, 0.3) is 0 Å². The van der Waals surface area contributed by atoms with Crippen LogP contribution in [0, 0.1) is 0 Å². The van der Waals surface area contributed by atoms with Gasteiger partial charge in [-0.3, -0.25) is 0 Å². The zero-order chi connectivity index (χ0) is 11.9. The first-order valence-corrected chi connectivity index (χ1v) is 6.94. The minimum Gasteiger partial charge on any atom is -0.329 e. The normalized spacial score (nSPS) is 20.2. The lowest BCUT2D eigenvalue weighted by molar-refractivity contribution is 0.218. The molecule has 0 bridgehead atoms. The van der Waals surface area contributed by atoms with Gasteiger partial charge in [-0.2, -0.15) is 0 Å². The van der Waals surface area contributed by atoms with Crippen LogP contribution in [0.15, 0.2) is 0 Å². The Bertz CT molecular complexity index is 172. The van der Waals surface area contributed by atoms with Crippen molar-refractivity contribution in [1.82, 2.24) is 10.2 Å². The molecule has 3 nitrogen and oxygen atoms in total. The lowest BCUT2D eigenvalue weighted by Crippen LogP contribution is -2.54. The van der Waals surface area contributed by atoms with E-state index in [4.69, 9.17) is 5.73 Å². The molecule has 3 N–H and O–H groups in total.